The second-order valence-corrected chi connectivity index (χ2v) is 5.08. The van der Waals surface area contributed by atoms with Crippen LogP contribution in [-0.4, -0.2) is 27.8 Å². The Balaban J connectivity index is 2.11. The van der Waals surface area contributed by atoms with Gasteiger partial charge in [-0.1, -0.05) is 18.5 Å². The zero-order valence-corrected chi connectivity index (χ0v) is 11.4. The van der Waals surface area contributed by atoms with Gasteiger partial charge in [0.1, 0.15) is 5.82 Å². The number of hydrogen-bond donors (Lipinski definition) is 2. The van der Waals surface area contributed by atoms with Gasteiger partial charge in [-0.15, -0.1) is 0 Å². The van der Waals surface area contributed by atoms with Crippen molar-refractivity contribution in [2.75, 3.05) is 13.2 Å². The molecule has 4 nitrogen and oxygen atoms in total. The number of nitrogens with one attached hydrogen (secondary N) is 1. The molecule has 0 radical (unpaired) electrons. The summed E-state index contributed by atoms with van der Waals surface area (Å²) in [5.74, 6) is 1.23. The highest BCUT2D eigenvalue weighted by Gasteiger charge is 2.08. The Morgan fingerprint density at radius 1 is 1.50 bits per heavy atom. The molecule has 2 N–H and O–H groups in total. The topological polar surface area (TPSA) is 50.1 Å². The third kappa shape index (κ3) is 2.83. The largest absolute Gasteiger partial charge is 0.396 e. The van der Waals surface area contributed by atoms with Crippen molar-refractivity contribution in [3.63, 3.8) is 0 Å². The second-order valence-electron chi connectivity index (χ2n) is 4.64. The molecular formula is C13H18ClN3O. The molecule has 2 aromatic rings. The lowest BCUT2D eigenvalue weighted by Crippen LogP contribution is -2.24. The van der Waals surface area contributed by atoms with E-state index in [4.69, 9.17) is 16.7 Å². The molecule has 0 bridgehead atoms. The maximum atomic E-state index is 8.96. The molecule has 0 saturated carbocycles. The molecule has 1 aromatic heterocycles. The number of aliphatic hydroxyl groups excluding tert-OH is 1. The molecule has 0 aliphatic heterocycles. The summed E-state index contributed by atoms with van der Waals surface area (Å²) in [6, 6.07) is 5.72. The van der Waals surface area contributed by atoms with Crippen LogP contribution in [-0.2, 0) is 13.6 Å². The fourth-order valence-electron chi connectivity index (χ4n) is 1.88. The second kappa shape index (κ2) is 5.69. The number of hydrogen-bond acceptors (Lipinski definition) is 3. The van der Waals surface area contributed by atoms with E-state index < -0.39 is 0 Å². The molecule has 0 aliphatic carbocycles. The van der Waals surface area contributed by atoms with E-state index in [0.29, 0.717) is 11.6 Å². The lowest BCUT2D eigenvalue weighted by Gasteiger charge is -2.09. The van der Waals surface area contributed by atoms with E-state index in [9.17, 15) is 0 Å². The van der Waals surface area contributed by atoms with Crippen molar-refractivity contribution in [1.29, 1.82) is 0 Å². The number of halogens is 1. The van der Waals surface area contributed by atoms with E-state index in [1.807, 2.05) is 32.2 Å². The number of aromatic nitrogens is 2. The van der Waals surface area contributed by atoms with Crippen LogP contribution in [0.4, 0.5) is 0 Å². The average molecular weight is 268 g/mol. The maximum Gasteiger partial charge on any atom is 0.123 e. The van der Waals surface area contributed by atoms with Crippen molar-refractivity contribution >= 4 is 22.6 Å². The normalized spacial score (nSPS) is 13.1. The molecule has 1 atom stereocenters. The highest BCUT2D eigenvalue weighted by Crippen LogP contribution is 2.19. The molecule has 0 amide bonds. The van der Waals surface area contributed by atoms with Crippen molar-refractivity contribution < 1.29 is 5.11 Å². The quantitative estimate of drug-likeness (QED) is 0.871. The number of fused-ring (bicyclic) bond motifs is 1. The van der Waals surface area contributed by atoms with Gasteiger partial charge in [0.15, 0.2) is 0 Å². The third-order valence-electron chi connectivity index (χ3n) is 3.02. The number of aliphatic hydroxyl groups is 1. The van der Waals surface area contributed by atoms with Gasteiger partial charge in [-0.2, -0.15) is 0 Å². The van der Waals surface area contributed by atoms with Crippen LogP contribution in [0.2, 0.25) is 5.02 Å². The molecule has 0 fully saturated rings. The Kier molecular flexibility index (Phi) is 4.22. The van der Waals surface area contributed by atoms with Gasteiger partial charge in [0.05, 0.1) is 17.6 Å². The van der Waals surface area contributed by atoms with Gasteiger partial charge < -0.3 is 15.0 Å². The van der Waals surface area contributed by atoms with Crippen molar-refractivity contribution in [3.05, 3.63) is 29.0 Å². The minimum absolute atomic E-state index is 0.200. The van der Waals surface area contributed by atoms with Crippen LogP contribution in [0.5, 0.6) is 0 Å². The Morgan fingerprint density at radius 3 is 3.00 bits per heavy atom. The molecular weight excluding hydrogens is 250 g/mol. The molecule has 18 heavy (non-hydrogen) atoms. The number of rotatable bonds is 5. The Bertz CT molecular complexity index is 538. The fraction of sp³-hybridized carbons (Fsp3) is 0.462. The van der Waals surface area contributed by atoms with E-state index in [0.717, 1.165) is 23.4 Å². The first-order valence-electron chi connectivity index (χ1n) is 6.04. The average Bonchev–Trinajstić information content (AvgIpc) is 2.65. The van der Waals surface area contributed by atoms with Crippen LogP contribution < -0.4 is 5.32 Å². The van der Waals surface area contributed by atoms with Gasteiger partial charge >= 0.3 is 0 Å². The SMILES string of the molecule is CC(CO)CNCc1nc2cc(Cl)ccc2n1C. The van der Waals surface area contributed by atoms with Gasteiger partial charge in [-0.05, 0) is 24.1 Å². The van der Waals surface area contributed by atoms with E-state index in [1.165, 1.54) is 0 Å². The summed E-state index contributed by atoms with van der Waals surface area (Å²) >= 11 is 5.95. The summed E-state index contributed by atoms with van der Waals surface area (Å²) in [5.41, 5.74) is 1.99. The van der Waals surface area contributed by atoms with Crippen molar-refractivity contribution in [2.45, 2.75) is 13.5 Å². The lowest BCUT2D eigenvalue weighted by molar-refractivity contribution is 0.233. The Hall–Kier alpha value is -1.10. The highest BCUT2D eigenvalue weighted by atomic mass is 35.5. The van der Waals surface area contributed by atoms with Crippen molar-refractivity contribution in [2.24, 2.45) is 13.0 Å². The van der Waals surface area contributed by atoms with E-state index in [-0.39, 0.29) is 12.5 Å². The van der Waals surface area contributed by atoms with Crippen molar-refractivity contribution in [3.8, 4) is 0 Å². The molecule has 1 heterocycles. The summed E-state index contributed by atoms with van der Waals surface area (Å²) in [7, 11) is 2.00. The minimum atomic E-state index is 0.200. The molecule has 98 valence electrons. The van der Waals surface area contributed by atoms with Gasteiger partial charge in [0.25, 0.3) is 0 Å². The predicted molar refractivity (Wildman–Crippen MR) is 73.7 cm³/mol. The van der Waals surface area contributed by atoms with Gasteiger partial charge in [-0.25, -0.2) is 4.98 Å². The van der Waals surface area contributed by atoms with Crippen LogP contribution in [0.1, 0.15) is 12.7 Å². The van der Waals surface area contributed by atoms with Crippen LogP contribution in [0, 0.1) is 5.92 Å². The molecule has 1 unspecified atom stereocenters. The lowest BCUT2D eigenvalue weighted by atomic mass is 10.2. The highest BCUT2D eigenvalue weighted by molar-refractivity contribution is 6.31. The molecule has 1 aromatic carbocycles. The fourth-order valence-corrected chi connectivity index (χ4v) is 2.04. The van der Waals surface area contributed by atoms with E-state index in [1.54, 1.807) is 0 Å². The van der Waals surface area contributed by atoms with Gasteiger partial charge in [-0.3, -0.25) is 0 Å². The standard InChI is InChI=1S/C13H18ClN3O/c1-9(8-18)6-15-7-13-16-11-5-10(14)3-4-12(11)17(13)2/h3-5,9,15,18H,6-8H2,1-2H3. The van der Waals surface area contributed by atoms with Crippen LogP contribution in [0.3, 0.4) is 0 Å². The summed E-state index contributed by atoms with van der Waals surface area (Å²) < 4.78 is 2.06. The van der Waals surface area contributed by atoms with E-state index in [2.05, 4.69) is 14.9 Å². The Labute approximate surface area is 112 Å². The van der Waals surface area contributed by atoms with Crippen LogP contribution in [0.15, 0.2) is 18.2 Å². The van der Waals surface area contributed by atoms with Crippen LogP contribution in [0.25, 0.3) is 11.0 Å². The molecule has 2 rings (SSSR count). The summed E-state index contributed by atoms with van der Waals surface area (Å²) in [4.78, 5) is 4.55. The molecule has 5 heteroatoms. The molecule has 0 aliphatic rings. The van der Waals surface area contributed by atoms with Crippen molar-refractivity contribution in [1.82, 2.24) is 14.9 Å². The summed E-state index contributed by atoms with van der Waals surface area (Å²) in [6.45, 7) is 3.67. The smallest absolute Gasteiger partial charge is 0.123 e. The number of imidazole rings is 1. The third-order valence-corrected chi connectivity index (χ3v) is 3.26. The first-order valence-corrected chi connectivity index (χ1v) is 6.42. The monoisotopic (exact) mass is 267 g/mol. The Morgan fingerprint density at radius 2 is 2.28 bits per heavy atom. The molecule has 0 spiro atoms. The maximum absolute atomic E-state index is 8.96. The summed E-state index contributed by atoms with van der Waals surface area (Å²) in [5, 5.41) is 13.0. The first-order chi connectivity index (χ1) is 8.61. The summed E-state index contributed by atoms with van der Waals surface area (Å²) in [6.07, 6.45) is 0. The molecule has 0 saturated heterocycles. The zero-order valence-electron chi connectivity index (χ0n) is 10.7. The van der Waals surface area contributed by atoms with E-state index >= 15 is 0 Å². The number of nitrogens with zero attached hydrogens (tertiary/aromatic N) is 2. The van der Waals surface area contributed by atoms with Crippen LogP contribution >= 0.6 is 11.6 Å². The first kappa shape index (κ1) is 13.3. The number of benzene rings is 1. The van der Waals surface area contributed by atoms with Gasteiger partial charge in [0, 0.05) is 25.2 Å². The number of aryl methyl sites for hydroxylation is 1. The van der Waals surface area contributed by atoms with Gasteiger partial charge in [0.2, 0.25) is 0 Å². The minimum Gasteiger partial charge on any atom is -0.396 e. The predicted octanol–water partition coefficient (Wildman–Crippen LogP) is 1.94. The zero-order chi connectivity index (χ0) is 13.1.